The summed E-state index contributed by atoms with van der Waals surface area (Å²) < 4.78 is 1.41. The van der Waals surface area contributed by atoms with Crippen molar-refractivity contribution in [2.24, 2.45) is 5.73 Å². The van der Waals surface area contributed by atoms with Gasteiger partial charge in [-0.05, 0) is 34.9 Å². The first-order valence-corrected chi connectivity index (χ1v) is 6.91. The van der Waals surface area contributed by atoms with Crippen molar-refractivity contribution in [3.63, 3.8) is 0 Å². The number of nitrogens with two attached hydrogens (primary N) is 1. The summed E-state index contributed by atoms with van der Waals surface area (Å²) in [6, 6.07) is 15.6. The molecule has 0 amide bonds. The van der Waals surface area contributed by atoms with Gasteiger partial charge in [0.05, 0.1) is 12.7 Å². The molecule has 1 unspecified atom stereocenters. The number of hydrogen-bond acceptors (Lipinski definition) is 3. The number of fused-ring (bicyclic) bond motifs is 1. The Morgan fingerprint density at radius 3 is 2.67 bits per heavy atom. The van der Waals surface area contributed by atoms with Gasteiger partial charge in [-0.2, -0.15) is 5.10 Å². The van der Waals surface area contributed by atoms with E-state index in [4.69, 9.17) is 5.73 Å². The van der Waals surface area contributed by atoms with Crippen LogP contribution in [0.5, 0.6) is 0 Å². The Balaban J connectivity index is 1.89. The first kappa shape index (κ1) is 13.5. The third kappa shape index (κ3) is 2.85. The molecule has 2 N–H and O–H groups in total. The number of benzene rings is 2. The predicted molar refractivity (Wildman–Crippen MR) is 84.1 cm³/mol. The Labute approximate surface area is 122 Å². The molecule has 0 bridgehead atoms. The van der Waals surface area contributed by atoms with E-state index in [2.05, 4.69) is 29.4 Å². The first-order chi connectivity index (χ1) is 10.1. The van der Waals surface area contributed by atoms with E-state index in [1.54, 1.807) is 12.3 Å². The summed E-state index contributed by atoms with van der Waals surface area (Å²) in [7, 11) is 0. The van der Waals surface area contributed by atoms with Crippen LogP contribution < -0.4 is 11.3 Å². The molecular weight excluding hydrogens is 262 g/mol. The van der Waals surface area contributed by atoms with E-state index < -0.39 is 0 Å². The Morgan fingerprint density at radius 2 is 1.90 bits per heavy atom. The van der Waals surface area contributed by atoms with Crippen LogP contribution in [-0.4, -0.2) is 9.78 Å². The standard InChI is InChI=1S/C17H17N3O/c1-12-8-17(21)20(19-10-12)11-16(18)15-7-6-13-4-2-3-5-14(13)9-15/h2-10,16H,11,18H2,1H3. The number of rotatable bonds is 3. The van der Waals surface area contributed by atoms with Gasteiger partial charge in [-0.15, -0.1) is 0 Å². The maximum absolute atomic E-state index is 11.9. The first-order valence-electron chi connectivity index (χ1n) is 6.91. The largest absolute Gasteiger partial charge is 0.322 e. The molecule has 3 aromatic rings. The molecule has 4 nitrogen and oxygen atoms in total. The molecule has 0 radical (unpaired) electrons. The predicted octanol–water partition coefficient (Wildman–Crippen LogP) is 2.40. The van der Waals surface area contributed by atoms with Gasteiger partial charge in [0.1, 0.15) is 0 Å². The Bertz CT molecular complexity index is 839. The Morgan fingerprint density at radius 1 is 1.14 bits per heavy atom. The van der Waals surface area contributed by atoms with E-state index in [9.17, 15) is 4.79 Å². The lowest BCUT2D eigenvalue weighted by Gasteiger charge is -2.14. The lowest BCUT2D eigenvalue weighted by Crippen LogP contribution is -2.28. The van der Waals surface area contributed by atoms with E-state index in [-0.39, 0.29) is 11.6 Å². The van der Waals surface area contributed by atoms with Crippen molar-refractivity contribution in [2.75, 3.05) is 0 Å². The highest BCUT2D eigenvalue weighted by atomic mass is 16.1. The summed E-state index contributed by atoms with van der Waals surface area (Å²) in [5, 5.41) is 6.46. The van der Waals surface area contributed by atoms with Gasteiger partial charge in [0.2, 0.25) is 0 Å². The van der Waals surface area contributed by atoms with Crippen molar-refractivity contribution in [1.29, 1.82) is 0 Å². The Kier molecular flexibility index (Phi) is 3.54. The van der Waals surface area contributed by atoms with E-state index in [0.29, 0.717) is 6.54 Å². The van der Waals surface area contributed by atoms with Crippen LogP contribution in [-0.2, 0) is 6.54 Å². The fourth-order valence-electron chi connectivity index (χ4n) is 2.39. The number of aromatic nitrogens is 2. The zero-order chi connectivity index (χ0) is 14.8. The second-order valence-electron chi connectivity index (χ2n) is 5.27. The summed E-state index contributed by atoms with van der Waals surface area (Å²) in [5.74, 6) is 0. The van der Waals surface area contributed by atoms with E-state index in [0.717, 1.165) is 16.5 Å². The summed E-state index contributed by atoms with van der Waals surface area (Å²) in [5.41, 5.74) is 7.97. The monoisotopic (exact) mass is 279 g/mol. The minimum absolute atomic E-state index is 0.119. The SMILES string of the molecule is Cc1cnn(CC(N)c2ccc3ccccc3c2)c(=O)c1. The molecule has 0 aliphatic heterocycles. The highest BCUT2D eigenvalue weighted by molar-refractivity contribution is 5.83. The number of nitrogens with zero attached hydrogens (tertiary/aromatic N) is 2. The van der Waals surface area contributed by atoms with E-state index >= 15 is 0 Å². The summed E-state index contributed by atoms with van der Waals surface area (Å²) >= 11 is 0. The van der Waals surface area contributed by atoms with Crippen LogP contribution in [0.1, 0.15) is 17.2 Å². The molecule has 4 heteroatoms. The second kappa shape index (κ2) is 5.50. The molecule has 2 aromatic carbocycles. The minimum Gasteiger partial charge on any atom is -0.322 e. The average Bonchev–Trinajstić information content (AvgIpc) is 2.49. The minimum atomic E-state index is -0.262. The van der Waals surface area contributed by atoms with Crippen LogP contribution in [0.15, 0.2) is 59.5 Å². The summed E-state index contributed by atoms with van der Waals surface area (Å²) in [6.45, 7) is 2.22. The highest BCUT2D eigenvalue weighted by Gasteiger charge is 2.09. The van der Waals surface area contributed by atoms with Gasteiger partial charge in [-0.1, -0.05) is 36.4 Å². The fourth-order valence-corrected chi connectivity index (χ4v) is 2.39. The van der Waals surface area contributed by atoms with Gasteiger partial charge in [-0.25, -0.2) is 4.68 Å². The van der Waals surface area contributed by atoms with Crippen LogP contribution in [0.4, 0.5) is 0 Å². The van der Waals surface area contributed by atoms with Gasteiger partial charge in [0.25, 0.3) is 5.56 Å². The lowest BCUT2D eigenvalue weighted by molar-refractivity contribution is 0.503. The van der Waals surface area contributed by atoms with Crippen LogP contribution in [0, 0.1) is 6.92 Å². The normalized spacial score (nSPS) is 12.5. The van der Waals surface area contributed by atoms with Crippen molar-refractivity contribution in [3.05, 3.63) is 76.2 Å². The molecule has 0 spiro atoms. The van der Waals surface area contributed by atoms with Gasteiger partial charge in [-0.3, -0.25) is 4.79 Å². The van der Waals surface area contributed by atoms with Gasteiger partial charge < -0.3 is 5.73 Å². The van der Waals surface area contributed by atoms with Crippen molar-refractivity contribution < 1.29 is 0 Å². The fraction of sp³-hybridized carbons (Fsp3) is 0.176. The van der Waals surface area contributed by atoms with E-state index in [1.807, 2.05) is 25.1 Å². The van der Waals surface area contributed by atoms with Crippen LogP contribution in [0.2, 0.25) is 0 Å². The van der Waals surface area contributed by atoms with Crippen LogP contribution in [0.25, 0.3) is 10.8 Å². The zero-order valence-electron chi connectivity index (χ0n) is 11.9. The zero-order valence-corrected chi connectivity index (χ0v) is 11.9. The molecule has 0 saturated carbocycles. The molecule has 106 valence electrons. The highest BCUT2D eigenvalue weighted by Crippen LogP contribution is 2.19. The second-order valence-corrected chi connectivity index (χ2v) is 5.27. The number of aryl methyl sites for hydroxylation is 1. The van der Waals surface area contributed by atoms with Gasteiger partial charge in [0, 0.05) is 12.1 Å². The smallest absolute Gasteiger partial charge is 0.267 e. The van der Waals surface area contributed by atoms with Crippen molar-refractivity contribution >= 4 is 10.8 Å². The van der Waals surface area contributed by atoms with Crippen LogP contribution >= 0.6 is 0 Å². The molecule has 1 heterocycles. The molecule has 3 rings (SSSR count). The van der Waals surface area contributed by atoms with Gasteiger partial charge >= 0.3 is 0 Å². The van der Waals surface area contributed by atoms with E-state index in [1.165, 1.54) is 10.1 Å². The van der Waals surface area contributed by atoms with Crippen molar-refractivity contribution in [3.8, 4) is 0 Å². The number of hydrogen-bond donors (Lipinski definition) is 1. The molecular formula is C17H17N3O. The molecule has 1 atom stereocenters. The molecule has 0 saturated heterocycles. The molecule has 0 fully saturated rings. The topological polar surface area (TPSA) is 60.9 Å². The molecule has 0 aliphatic carbocycles. The summed E-state index contributed by atoms with van der Waals surface area (Å²) in [6.07, 6.45) is 1.68. The maximum Gasteiger partial charge on any atom is 0.267 e. The quantitative estimate of drug-likeness (QED) is 0.801. The maximum atomic E-state index is 11.9. The third-order valence-corrected chi connectivity index (χ3v) is 3.58. The molecule has 1 aromatic heterocycles. The average molecular weight is 279 g/mol. The Hall–Kier alpha value is -2.46. The van der Waals surface area contributed by atoms with Crippen molar-refractivity contribution in [2.45, 2.75) is 19.5 Å². The van der Waals surface area contributed by atoms with Gasteiger partial charge in [0.15, 0.2) is 0 Å². The third-order valence-electron chi connectivity index (χ3n) is 3.58. The van der Waals surface area contributed by atoms with Crippen molar-refractivity contribution in [1.82, 2.24) is 9.78 Å². The lowest BCUT2D eigenvalue weighted by atomic mass is 10.0. The molecule has 21 heavy (non-hydrogen) atoms. The molecule has 0 aliphatic rings. The van der Waals surface area contributed by atoms with Crippen LogP contribution in [0.3, 0.4) is 0 Å². The summed E-state index contributed by atoms with van der Waals surface area (Å²) in [4.78, 5) is 11.9.